The summed E-state index contributed by atoms with van der Waals surface area (Å²) in [5, 5.41) is 12.5. The zero-order chi connectivity index (χ0) is 24.6. The van der Waals surface area contributed by atoms with Crippen molar-refractivity contribution in [2.75, 3.05) is 19.8 Å². The van der Waals surface area contributed by atoms with Gasteiger partial charge in [-0.1, -0.05) is 95.3 Å². The van der Waals surface area contributed by atoms with E-state index in [1.807, 2.05) is 0 Å². The van der Waals surface area contributed by atoms with Crippen molar-refractivity contribution in [3.05, 3.63) is 60.7 Å². The summed E-state index contributed by atoms with van der Waals surface area (Å²) in [5.74, 6) is 0.437. The van der Waals surface area contributed by atoms with Crippen molar-refractivity contribution in [3.63, 3.8) is 0 Å². The molecule has 1 aliphatic carbocycles. The predicted molar refractivity (Wildman–Crippen MR) is 142 cm³/mol. The van der Waals surface area contributed by atoms with Gasteiger partial charge in [0, 0.05) is 6.61 Å². The molecule has 3 rings (SSSR count). The highest BCUT2D eigenvalue weighted by molar-refractivity contribution is 6.99. The Bertz CT molecular complexity index is 795. The second-order valence-electron chi connectivity index (χ2n) is 11.1. The van der Waals surface area contributed by atoms with Crippen LogP contribution >= 0.6 is 0 Å². The maximum absolute atomic E-state index is 10.0. The Hall–Kier alpha value is -1.50. The van der Waals surface area contributed by atoms with Crippen LogP contribution in [0.1, 0.15) is 60.3 Å². The third-order valence-electron chi connectivity index (χ3n) is 6.68. The van der Waals surface area contributed by atoms with Crippen molar-refractivity contribution in [1.82, 2.24) is 0 Å². The number of hydrogen-bond acceptors (Lipinski definition) is 4. The summed E-state index contributed by atoms with van der Waals surface area (Å²) in [6, 6.07) is 21.4. The smallest absolute Gasteiger partial charge is 0.261 e. The molecule has 0 saturated heterocycles. The quantitative estimate of drug-likeness (QED) is 0.460. The SMILES string of the molecule is CC(C)CO[C@H](CO[C@H]1CCC[C@@H](O)C1)CO[Si](c1ccccc1)(c1ccccc1)C(C)(C)C. The molecule has 2 aromatic rings. The molecule has 3 atom stereocenters. The molecule has 0 aromatic heterocycles. The minimum atomic E-state index is -2.62. The summed E-state index contributed by atoms with van der Waals surface area (Å²) in [6.45, 7) is 12.9. The van der Waals surface area contributed by atoms with Gasteiger partial charge in [0.05, 0.1) is 25.4 Å². The Morgan fingerprint density at radius 2 is 1.47 bits per heavy atom. The molecule has 0 bridgehead atoms. The van der Waals surface area contributed by atoms with Crippen LogP contribution in [0.3, 0.4) is 0 Å². The predicted octanol–water partition coefficient (Wildman–Crippen LogP) is 4.92. The third-order valence-corrected chi connectivity index (χ3v) is 11.7. The van der Waals surface area contributed by atoms with E-state index in [1.54, 1.807) is 0 Å². The van der Waals surface area contributed by atoms with Crippen LogP contribution in [0.2, 0.25) is 5.04 Å². The molecule has 0 amide bonds. The van der Waals surface area contributed by atoms with Gasteiger partial charge >= 0.3 is 0 Å². The number of aliphatic hydroxyl groups excluding tert-OH is 1. The molecule has 188 valence electrons. The lowest BCUT2D eigenvalue weighted by Crippen LogP contribution is -2.67. The molecular formula is C29H44O4Si. The number of ether oxygens (including phenoxy) is 2. The van der Waals surface area contributed by atoms with Crippen molar-refractivity contribution in [3.8, 4) is 0 Å². The maximum Gasteiger partial charge on any atom is 0.261 e. The second kappa shape index (κ2) is 12.5. The normalized spacial score (nSPS) is 20.4. The van der Waals surface area contributed by atoms with E-state index in [9.17, 15) is 5.11 Å². The van der Waals surface area contributed by atoms with Gasteiger partial charge in [-0.3, -0.25) is 0 Å². The lowest BCUT2D eigenvalue weighted by molar-refractivity contribution is -0.0844. The van der Waals surface area contributed by atoms with Crippen molar-refractivity contribution in [2.24, 2.45) is 5.92 Å². The lowest BCUT2D eigenvalue weighted by atomic mass is 9.95. The highest BCUT2D eigenvalue weighted by Crippen LogP contribution is 2.37. The van der Waals surface area contributed by atoms with E-state index < -0.39 is 8.32 Å². The average Bonchev–Trinajstić information content (AvgIpc) is 2.81. The summed E-state index contributed by atoms with van der Waals surface area (Å²) in [4.78, 5) is 0. The zero-order valence-electron chi connectivity index (χ0n) is 21.7. The molecule has 0 aliphatic heterocycles. The van der Waals surface area contributed by atoms with Crippen molar-refractivity contribution < 1.29 is 19.0 Å². The molecule has 2 aromatic carbocycles. The Balaban J connectivity index is 1.85. The van der Waals surface area contributed by atoms with Crippen LogP contribution in [0.15, 0.2) is 60.7 Å². The molecule has 1 aliphatic rings. The molecule has 0 unspecified atom stereocenters. The molecule has 4 nitrogen and oxygen atoms in total. The van der Waals surface area contributed by atoms with Crippen LogP contribution in [-0.2, 0) is 13.9 Å². The highest BCUT2D eigenvalue weighted by atomic mass is 28.4. The monoisotopic (exact) mass is 484 g/mol. The van der Waals surface area contributed by atoms with Crippen LogP contribution in [0.5, 0.6) is 0 Å². The lowest BCUT2D eigenvalue weighted by Gasteiger charge is -2.43. The van der Waals surface area contributed by atoms with Gasteiger partial charge < -0.3 is 19.0 Å². The van der Waals surface area contributed by atoms with E-state index in [0.29, 0.717) is 32.2 Å². The van der Waals surface area contributed by atoms with Gasteiger partial charge in [-0.15, -0.1) is 0 Å². The first-order valence-corrected chi connectivity index (χ1v) is 14.8. The van der Waals surface area contributed by atoms with Crippen LogP contribution in [0.4, 0.5) is 0 Å². The summed E-state index contributed by atoms with van der Waals surface area (Å²) in [5.41, 5.74) is 0. The summed E-state index contributed by atoms with van der Waals surface area (Å²) >= 11 is 0. The van der Waals surface area contributed by atoms with Gasteiger partial charge in [0.15, 0.2) is 0 Å². The van der Waals surface area contributed by atoms with Gasteiger partial charge in [-0.25, -0.2) is 0 Å². The first kappa shape index (κ1) is 27.1. The van der Waals surface area contributed by atoms with E-state index in [0.717, 1.165) is 19.3 Å². The molecule has 1 fully saturated rings. The Labute approximate surface area is 207 Å². The molecular weight excluding hydrogens is 440 g/mol. The minimum absolute atomic E-state index is 0.0767. The fraction of sp³-hybridized carbons (Fsp3) is 0.586. The molecule has 34 heavy (non-hydrogen) atoms. The maximum atomic E-state index is 10.0. The van der Waals surface area contributed by atoms with Gasteiger partial charge in [-0.2, -0.15) is 0 Å². The number of hydrogen-bond donors (Lipinski definition) is 1. The van der Waals surface area contributed by atoms with Crippen LogP contribution in [0.25, 0.3) is 0 Å². The van der Waals surface area contributed by atoms with Gasteiger partial charge in [-0.05, 0) is 47.0 Å². The van der Waals surface area contributed by atoms with Gasteiger partial charge in [0.2, 0.25) is 0 Å². The topological polar surface area (TPSA) is 47.9 Å². The van der Waals surface area contributed by atoms with E-state index in [1.165, 1.54) is 10.4 Å². The number of benzene rings is 2. The Kier molecular flexibility index (Phi) is 9.92. The largest absolute Gasteiger partial charge is 0.405 e. The minimum Gasteiger partial charge on any atom is -0.405 e. The molecule has 0 heterocycles. The molecule has 5 heteroatoms. The molecule has 0 spiro atoms. The van der Waals surface area contributed by atoms with Crippen LogP contribution in [0, 0.1) is 5.92 Å². The summed E-state index contributed by atoms with van der Waals surface area (Å²) in [7, 11) is -2.62. The fourth-order valence-electron chi connectivity index (χ4n) is 4.97. The molecule has 1 saturated carbocycles. The van der Waals surface area contributed by atoms with Gasteiger partial charge in [0.1, 0.15) is 6.10 Å². The number of rotatable bonds is 11. The molecule has 0 radical (unpaired) electrons. The number of aliphatic hydroxyl groups is 1. The van der Waals surface area contributed by atoms with Gasteiger partial charge in [0.25, 0.3) is 8.32 Å². The van der Waals surface area contributed by atoms with Crippen LogP contribution < -0.4 is 10.4 Å². The van der Waals surface area contributed by atoms with E-state index >= 15 is 0 Å². The van der Waals surface area contributed by atoms with Crippen molar-refractivity contribution in [2.45, 2.75) is 83.7 Å². The van der Waals surface area contributed by atoms with E-state index in [-0.39, 0.29) is 23.4 Å². The van der Waals surface area contributed by atoms with Crippen molar-refractivity contribution in [1.29, 1.82) is 0 Å². The standard InChI is InChI=1S/C29H44O4Si/c1-23(2)20-31-26(21-32-25-14-12-13-24(30)19-25)22-33-34(29(3,4)5,27-15-8-6-9-16-27)28-17-10-7-11-18-28/h6-11,15-18,23-26,30H,12-14,19-22H2,1-5H3/t24-,25+,26-/m1/s1. The highest BCUT2D eigenvalue weighted by Gasteiger charge is 2.50. The first-order chi connectivity index (χ1) is 16.2. The molecule has 1 N–H and O–H groups in total. The van der Waals surface area contributed by atoms with E-state index in [2.05, 4.69) is 95.3 Å². The average molecular weight is 485 g/mol. The first-order valence-electron chi connectivity index (χ1n) is 12.9. The summed E-state index contributed by atoms with van der Waals surface area (Å²) < 4.78 is 19.7. The zero-order valence-corrected chi connectivity index (χ0v) is 22.7. The Morgan fingerprint density at radius 3 is 1.97 bits per heavy atom. The third kappa shape index (κ3) is 7.02. The van der Waals surface area contributed by atoms with Crippen LogP contribution in [-0.4, -0.2) is 51.6 Å². The fourth-order valence-corrected chi connectivity index (χ4v) is 9.56. The second-order valence-corrected chi connectivity index (χ2v) is 15.4. The Morgan fingerprint density at radius 1 is 0.882 bits per heavy atom. The van der Waals surface area contributed by atoms with Crippen molar-refractivity contribution >= 4 is 18.7 Å². The van der Waals surface area contributed by atoms with E-state index in [4.69, 9.17) is 13.9 Å². The summed E-state index contributed by atoms with van der Waals surface area (Å²) in [6.07, 6.45) is 3.31.